The number of hydrogen-bond donors (Lipinski definition) is 3. The number of rotatable bonds is 5. The molecule has 1 unspecified atom stereocenters. The van der Waals surface area contributed by atoms with Gasteiger partial charge in [0.05, 0.1) is 11.7 Å². The highest BCUT2D eigenvalue weighted by Gasteiger charge is 2.12. The Kier molecular flexibility index (Phi) is 4.27. The summed E-state index contributed by atoms with van der Waals surface area (Å²) in [7, 11) is 0. The highest BCUT2D eigenvalue weighted by Crippen LogP contribution is 2.24. The molecule has 2 aromatic heterocycles. The van der Waals surface area contributed by atoms with Crippen molar-refractivity contribution >= 4 is 22.4 Å². The molecule has 0 radical (unpaired) electrons. The summed E-state index contributed by atoms with van der Waals surface area (Å²) in [5, 5.41) is 15.0. The summed E-state index contributed by atoms with van der Waals surface area (Å²) < 4.78 is 0. The van der Waals surface area contributed by atoms with Crippen LogP contribution in [0, 0.1) is 0 Å². The van der Waals surface area contributed by atoms with Crippen LogP contribution in [-0.4, -0.2) is 20.1 Å². The fourth-order valence-electron chi connectivity index (χ4n) is 1.96. The number of aromatic hydroxyl groups is 1. The maximum atomic E-state index is 9.29. The van der Waals surface area contributed by atoms with Gasteiger partial charge in [0.1, 0.15) is 5.75 Å². The lowest BCUT2D eigenvalue weighted by Gasteiger charge is -2.09. The van der Waals surface area contributed by atoms with Gasteiger partial charge in [0, 0.05) is 17.8 Å². The van der Waals surface area contributed by atoms with E-state index in [4.69, 9.17) is 5.73 Å². The second-order valence-electron chi connectivity index (χ2n) is 4.75. The molecule has 0 aliphatic rings. The summed E-state index contributed by atoms with van der Waals surface area (Å²) in [5.41, 5.74) is 8.07. The zero-order valence-electron chi connectivity index (χ0n) is 11.7. The average Bonchev–Trinajstić information content (AvgIpc) is 2.99. The van der Waals surface area contributed by atoms with Crippen molar-refractivity contribution in [3.8, 4) is 5.75 Å². The lowest BCUT2D eigenvalue weighted by molar-refractivity contribution is 0.475. The van der Waals surface area contributed by atoms with Crippen LogP contribution in [0.1, 0.15) is 17.3 Å². The molecule has 112 valence electrons. The van der Waals surface area contributed by atoms with Crippen molar-refractivity contribution in [2.24, 2.45) is 5.73 Å². The van der Waals surface area contributed by atoms with Gasteiger partial charge in [-0.25, -0.2) is 15.0 Å². The minimum atomic E-state index is -0.201. The number of thiazole rings is 1. The van der Waals surface area contributed by atoms with Crippen molar-refractivity contribution in [3.05, 3.63) is 59.4 Å². The van der Waals surface area contributed by atoms with Gasteiger partial charge >= 0.3 is 0 Å². The molecule has 0 fully saturated rings. The molecular formula is C15H15N5OS. The quantitative estimate of drug-likeness (QED) is 0.670. The molecule has 1 atom stereocenters. The maximum Gasteiger partial charge on any atom is 0.228 e. The molecule has 0 amide bonds. The highest BCUT2D eigenvalue weighted by atomic mass is 32.1. The zero-order chi connectivity index (χ0) is 15.4. The first-order chi connectivity index (χ1) is 10.7. The number of anilines is 2. The summed E-state index contributed by atoms with van der Waals surface area (Å²) >= 11 is 1.46. The van der Waals surface area contributed by atoms with E-state index in [1.54, 1.807) is 30.6 Å². The lowest BCUT2D eigenvalue weighted by Crippen LogP contribution is -2.13. The smallest absolute Gasteiger partial charge is 0.228 e. The molecule has 1 aromatic carbocycles. The van der Waals surface area contributed by atoms with Gasteiger partial charge in [-0.15, -0.1) is 11.3 Å². The van der Waals surface area contributed by atoms with Crippen LogP contribution in [-0.2, 0) is 6.42 Å². The topological polar surface area (TPSA) is 97.0 Å². The third-order valence-electron chi connectivity index (χ3n) is 3.08. The summed E-state index contributed by atoms with van der Waals surface area (Å²) in [5.74, 6) is 0.760. The summed E-state index contributed by atoms with van der Waals surface area (Å²) in [6.45, 7) is 0. The van der Waals surface area contributed by atoms with Gasteiger partial charge in [0.2, 0.25) is 5.95 Å². The number of aromatic nitrogens is 3. The van der Waals surface area contributed by atoms with Crippen LogP contribution in [0.25, 0.3) is 0 Å². The molecule has 0 aliphatic heterocycles. The molecule has 6 nitrogen and oxygen atoms in total. The predicted octanol–water partition coefficient (Wildman–Crippen LogP) is 2.62. The number of nitrogens with one attached hydrogen (secondary N) is 1. The Morgan fingerprint density at radius 1 is 1.18 bits per heavy atom. The van der Waals surface area contributed by atoms with Crippen LogP contribution in [0.15, 0.2) is 48.1 Å². The van der Waals surface area contributed by atoms with E-state index in [-0.39, 0.29) is 11.8 Å². The van der Waals surface area contributed by atoms with Crippen molar-refractivity contribution in [3.63, 3.8) is 0 Å². The summed E-state index contributed by atoms with van der Waals surface area (Å²) in [4.78, 5) is 12.7. The monoisotopic (exact) mass is 313 g/mol. The van der Waals surface area contributed by atoms with E-state index in [1.807, 2.05) is 17.5 Å². The van der Waals surface area contributed by atoms with Gasteiger partial charge in [0.15, 0.2) is 5.13 Å². The molecule has 7 heteroatoms. The normalized spacial score (nSPS) is 12.0. The van der Waals surface area contributed by atoms with Crippen LogP contribution in [0.2, 0.25) is 0 Å². The Hall–Kier alpha value is -2.51. The predicted molar refractivity (Wildman–Crippen MR) is 86.2 cm³/mol. The van der Waals surface area contributed by atoms with Gasteiger partial charge in [0.25, 0.3) is 0 Å². The maximum absolute atomic E-state index is 9.29. The molecule has 0 aliphatic carbocycles. The van der Waals surface area contributed by atoms with Crippen LogP contribution in [0.3, 0.4) is 0 Å². The van der Waals surface area contributed by atoms with Crippen LogP contribution < -0.4 is 11.1 Å². The molecule has 0 saturated carbocycles. The summed E-state index contributed by atoms with van der Waals surface area (Å²) in [6, 6.07) is 8.59. The molecule has 4 N–H and O–H groups in total. The van der Waals surface area contributed by atoms with Gasteiger partial charge in [-0.05, 0) is 30.2 Å². The Labute approximate surface area is 131 Å². The molecule has 3 rings (SSSR count). The van der Waals surface area contributed by atoms with Gasteiger partial charge in [-0.2, -0.15) is 0 Å². The Balaban J connectivity index is 1.66. The molecule has 22 heavy (non-hydrogen) atoms. The number of phenols is 1. The van der Waals surface area contributed by atoms with Gasteiger partial charge in [-0.3, -0.25) is 0 Å². The summed E-state index contributed by atoms with van der Waals surface area (Å²) in [6.07, 6.45) is 3.99. The number of nitrogens with two attached hydrogens (primary N) is 1. The van der Waals surface area contributed by atoms with E-state index >= 15 is 0 Å². The van der Waals surface area contributed by atoms with Crippen molar-refractivity contribution in [1.29, 1.82) is 0 Å². The lowest BCUT2D eigenvalue weighted by atomic mass is 10.0. The largest absolute Gasteiger partial charge is 0.508 e. The fourth-order valence-corrected chi connectivity index (χ4v) is 2.73. The van der Waals surface area contributed by atoms with E-state index in [0.29, 0.717) is 17.5 Å². The van der Waals surface area contributed by atoms with E-state index in [0.717, 1.165) is 11.3 Å². The van der Waals surface area contributed by atoms with Crippen LogP contribution >= 0.6 is 11.3 Å². The molecule has 0 saturated heterocycles. The minimum Gasteiger partial charge on any atom is -0.508 e. The van der Waals surface area contributed by atoms with Crippen LogP contribution in [0.5, 0.6) is 5.75 Å². The highest BCUT2D eigenvalue weighted by molar-refractivity contribution is 7.13. The first kappa shape index (κ1) is 14.4. The van der Waals surface area contributed by atoms with E-state index in [1.165, 1.54) is 11.3 Å². The number of phenolic OH excluding ortho intramolecular Hbond substituents is 1. The molecule has 3 aromatic rings. The SMILES string of the molecule is NC(Cc1ccc(O)cc1)c1csc(Nc2ncccn2)n1. The second-order valence-corrected chi connectivity index (χ2v) is 5.61. The minimum absolute atomic E-state index is 0.201. The molecule has 2 heterocycles. The average molecular weight is 313 g/mol. The van der Waals surface area contributed by atoms with E-state index < -0.39 is 0 Å². The van der Waals surface area contributed by atoms with Crippen molar-refractivity contribution in [2.75, 3.05) is 5.32 Å². The van der Waals surface area contributed by atoms with Crippen molar-refractivity contribution in [2.45, 2.75) is 12.5 Å². The third-order valence-corrected chi connectivity index (χ3v) is 3.85. The fraction of sp³-hybridized carbons (Fsp3) is 0.133. The Bertz CT molecular complexity index is 729. The standard InChI is InChI=1S/C15H15N5OS/c16-12(8-10-2-4-11(21)5-3-10)13-9-22-15(19-13)20-14-17-6-1-7-18-14/h1-7,9,12,21H,8,16H2,(H,17,18,19,20). The van der Waals surface area contributed by atoms with Crippen molar-refractivity contribution < 1.29 is 5.11 Å². The molecule has 0 spiro atoms. The van der Waals surface area contributed by atoms with Crippen LogP contribution in [0.4, 0.5) is 11.1 Å². The van der Waals surface area contributed by atoms with Gasteiger partial charge in [-0.1, -0.05) is 12.1 Å². The Morgan fingerprint density at radius 2 is 1.91 bits per heavy atom. The number of nitrogens with zero attached hydrogens (tertiary/aromatic N) is 3. The van der Waals surface area contributed by atoms with E-state index in [2.05, 4.69) is 20.3 Å². The van der Waals surface area contributed by atoms with Gasteiger partial charge < -0.3 is 16.2 Å². The number of hydrogen-bond acceptors (Lipinski definition) is 7. The first-order valence-electron chi connectivity index (χ1n) is 6.73. The number of benzene rings is 1. The third kappa shape index (κ3) is 3.57. The Morgan fingerprint density at radius 3 is 2.64 bits per heavy atom. The van der Waals surface area contributed by atoms with Crippen molar-refractivity contribution in [1.82, 2.24) is 15.0 Å². The molecular weight excluding hydrogens is 298 g/mol. The molecule has 0 bridgehead atoms. The zero-order valence-corrected chi connectivity index (χ0v) is 12.5. The first-order valence-corrected chi connectivity index (χ1v) is 7.61. The second kappa shape index (κ2) is 6.50. The van der Waals surface area contributed by atoms with E-state index in [9.17, 15) is 5.11 Å².